The summed E-state index contributed by atoms with van der Waals surface area (Å²) in [5.41, 5.74) is 0.139. The molecule has 1 N–H and O–H groups in total. The Morgan fingerprint density at radius 1 is 1.07 bits per heavy atom. The van der Waals surface area contributed by atoms with Crippen LogP contribution in [0.2, 0.25) is 0 Å². The molecule has 30 heavy (non-hydrogen) atoms. The molecule has 6 heteroatoms. The zero-order chi connectivity index (χ0) is 21.0. The predicted molar refractivity (Wildman–Crippen MR) is 114 cm³/mol. The topological polar surface area (TPSA) is 71.5 Å². The fourth-order valence-corrected chi connectivity index (χ4v) is 5.03. The third-order valence-corrected chi connectivity index (χ3v) is 6.61. The molecule has 2 amide bonds. The van der Waals surface area contributed by atoms with E-state index >= 15 is 0 Å². The molecule has 2 aromatic rings. The number of hydrogen-bond donors (Lipinski definition) is 1. The number of benzene rings is 1. The van der Waals surface area contributed by atoms with Gasteiger partial charge in [-0.1, -0.05) is 36.4 Å². The minimum atomic E-state index is -1.06. The van der Waals surface area contributed by atoms with E-state index in [9.17, 15) is 9.59 Å². The Hall–Kier alpha value is -2.73. The maximum absolute atomic E-state index is 14.2. The van der Waals surface area contributed by atoms with Crippen LogP contribution in [0.4, 0.5) is 0 Å². The van der Waals surface area contributed by atoms with Crippen LogP contribution in [0.3, 0.4) is 0 Å². The smallest absolute Gasteiger partial charge is 0.252 e. The number of likely N-dealkylation sites (tertiary alicyclic amines) is 1. The van der Waals surface area contributed by atoms with Crippen LogP contribution in [0.25, 0.3) is 0 Å². The van der Waals surface area contributed by atoms with Crippen LogP contribution in [-0.2, 0) is 26.3 Å². The molecule has 1 aromatic carbocycles. The number of amides is 2. The van der Waals surface area contributed by atoms with Crippen molar-refractivity contribution in [2.24, 2.45) is 5.41 Å². The van der Waals surface area contributed by atoms with E-state index < -0.39 is 11.0 Å². The van der Waals surface area contributed by atoms with Crippen LogP contribution < -0.4 is 5.32 Å². The highest BCUT2D eigenvalue weighted by molar-refractivity contribution is 5.94. The average Bonchev–Trinajstić information content (AvgIpc) is 3.26. The number of nitrogens with zero attached hydrogens (tertiary/aromatic N) is 2. The Bertz CT molecular complexity index is 881. The third-order valence-electron chi connectivity index (χ3n) is 6.61. The van der Waals surface area contributed by atoms with Crippen molar-refractivity contribution in [1.29, 1.82) is 0 Å². The van der Waals surface area contributed by atoms with Crippen LogP contribution in [0.5, 0.6) is 0 Å². The maximum atomic E-state index is 14.2. The van der Waals surface area contributed by atoms with E-state index in [1.165, 1.54) is 0 Å². The molecule has 2 fully saturated rings. The highest BCUT2D eigenvalue weighted by Gasteiger charge is 2.55. The molecule has 0 unspecified atom stereocenters. The monoisotopic (exact) mass is 407 g/mol. The Kier molecular flexibility index (Phi) is 5.86. The van der Waals surface area contributed by atoms with E-state index in [1.807, 2.05) is 41.3 Å². The van der Waals surface area contributed by atoms with Crippen LogP contribution >= 0.6 is 0 Å². The number of carbonyl (C=O) groups excluding carboxylic acids is 2. The van der Waals surface area contributed by atoms with Gasteiger partial charge in [-0.05, 0) is 49.8 Å². The molecule has 0 bridgehead atoms. The molecule has 1 aromatic heterocycles. The molecule has 0 spiro atoms. The van der Waals surface area contributed by atoms with Crippen molar-refractivity contribution in [3.63, 3.8) is 0 Å². The van der Waals surface area contributed by atoms with Gasteiger partial charge in [0.2, 0.25) is 5.91 Å². The Balaban J connectivity index is 1.75. The summed E-state index contributed by atoms with van der Waals surface area (Å²) in [6, 6.07) is 15.7. The maximum Gasteiger partial charge on any atom is 0.252 e. The van der Waals surface area contributed by atoms with E-state index in [2.05, 4.69) is 22.4 Å². The fraction of sp³-hybridized carbons (Fsp3) is 0.458. The van der Waals surface area contributed by atoms with Crippen molar-refractivity contribution < 1.29 is 14.3 Å². The lowest BCUT2D eigenvalue weighted by Crippen LogP contribution is -2.59. The normalized spacial score (nSPS) is 23.2. The standard InChI is InChI=1S/C24H29N3O3/c1-25-21(28)24(20-10-5-6-14-26-20)11-7-15-27(24)22(29)23(12-16-30-17-13-23)18-19-8-3-2-4-9-19/h2-6,8-10,14H,7,11-13,15-18H2,1H3,(H,25,28)/t24-/m1/s1. The van der Waals surface area contributed by atoms with Gasteiger partial charge in [-0.2, -0.15) is 0 Å². The van der Waals surface area contributed by atoms with E-state index in [1.54, 1.807) is 13.2 Å². The minimum absolute atomic E-state index is 0.0430. The first-order chi connectivity index (χ1) is 14.6. The molecule has 2 aliphatic heterocycles. The second-order valence-electron chi connectivity index (χ2n) is 8.27. The van der Waals surface area contributed by atoms with Crippen LogP contribution in [0, 0.1) is 5.41 Å². The second-order valence-corrected chi connectivity index (χ2v) is 8.27. The summed E-state index contributed by atoms with van der Waals surface area (Å²) in [4.78, 5) is 33.7. The first kappa shape index (κ1) is 20.5. The molecule has 2 saturated heterocycles. The number of ether oxygens (including phenoxy) is 1. The molecule has 158 valence electrons. The van der Waals surface area contributed by atoms with E-state index in [-0.39, 0.29) is 11.8 Å². The molecule has 2 aliphatic rings. The largest absolute Gasteiger partial charge is 0.381 e. The highest BCUT2D eigenvalue weighted by Crippen LogP contribution is 2.44. The van der Waals surface area contributed by atoms with Crippen molar-refractivity contribution in [2.45, 2.75) is 37.6 Å². The first-order valence-electron chi connectivity index (χ1n) is 10.7. The summed E-state index contributed by atoms with van der Waals surface area (Å²) < 4.78 is 5.62. The molecule has 6 nitrogen and oxygen atoms in total. The number of likely N-dealkylation sites (N-methyl/N-ethyl adjacent to an activating group) is 1. The number of aromatic nitrogens is 1. The number of hydrogen-bond acceptors (Lipinski definition) is 4. The van der Waals surface area contributed by atoms with Gasteiger partial charge in [-0.3, -0.25) is 14.6 Å². The summed E-state index contributed by atoms with van der Waals surface area (Å²) in [5, 5.41) is 2.80. The molecular weight excluding hydrogens is 378 g/mol. The zero-order valence-corrected chi connectivity index (χ0v) is 17.5. The molecule has 3 heterocycles. The molecular formula is C24H29N3O3. The van der Waals surface area contributed by atoms with Gasteiger partial charge in [-0.25, -0.2) is 0 Å². The highest BCUT2D eigenvalue weighted by atomic mass is 16.5. The lowest BCUT2D eigenvalue weighted by molar-refractivity contribution is -0.158. The van der Waals surface area contributed by atoms with Crippen molar-refractivity contribution in [3.05, 3.63) is 66.0 Å². The number of carbonyl (C=O) groups is 2. The lowest BCUT2D eigenvalue weighted by atomic mass is 9.73. The fourth-order valence-electron chi connectivity index (χ4n) is 5.03. The lowest BCUT2D eigenvalue weighted by Gasteiger charge is -2.44. The molecule has 1 atom stereocenters. The van der Waals surface area contributed by atoms with Crippen LogP contribution in [0.15, 0.2) is 54.7 Å². The summed E-state index contributed by atoms with van der Waals surface area (Å²) in [6.45, 7) is 1.67. The molecule has 0 radical (unpaired) electrons. The van der Waals surface area contributed by atoms with Gasteiger partial charge in [0, 0.05) is 33.0 Å². The Morgan fingerprint density at radius 3 is 2.47 bits per heavy atom. The number of rotatable bonds is 5. The average molecular weight is 408 g/mol. The summed E-state index contributed by atoms with van der Waals surface area (Å²) in [7, 11) is 1.63. The first-order valence-corrected chi connectivity index (χ1v) is 10.7. The summed E-state index contributed by atoms with van der Waals surface area (Å²) in [6.07, 6.45) is 5.00. The van der Waals surface area contributed by atoms with Crippen molar-refractivity contribution >= 4 is 11.8 Å². The Labute approximate surface area is 177 Å². The van der Waals surface area contributed by atoms with Gasteiger partial charge in [-0.15, -0.1) is 0 Å². The van der Waals surface area contributed by atoms with Crippen LogP contribution in [0.1, 0.15) is 36.9 Å². The quantitative estimate of drug-likeness (QED) is 0.827. The van der Waals surface area contributed by atoms with Crippen molar-refractivity contribution in [2.75, 3.05) is 26.8 Å². The summed E-state index contributed by atoms with van der Waals surface area (Å²) >= 11 is 0. The molecule has 0 saturated carbocycles. The second kappa shape index (κ2) is 8.56. The van der Waals surface area contributed by atoms with Gasteiger partial charge in [0.25, 0.3) is 5.91 Å². The van der Waals surface area contributed by atoms with E-state index in [0.29, 0.717) is 51.1 Å². The minimum Gasteiger partial charge on any atom is -0.381 e. The van der Waals surface area contributed by atoms with Gasteiger partial charge in [0.1, 0.15) is 0 Å². The van der Waals surface area contributed by atoms with Gasteiger partial charge >= 0.3 is 0 Å². The number of pyridine rings is 1. The summed E-state index contributed by atoms with van der Waals surface area (Å²) in [5.74, 6) is -0.129. The van der Waals surface area contributed by atoms with Gasteiger partial charge < -0.3 is 15.0 Å². The predicted octanol–water partition coefficient (Wildman–Crippen LogP) is 2.68. The van der Waals surface area contributed by atoms with Gasteiger partial charge in [0.15, 0.2) is 5.54 Å². The zero-order valence-electron chi connectivity index (χ0n) is 17.5. The third kappa shape index (κ3) is 3.49. The van der Waals surface area contributed by atoms with Gasteiger partial charge in [0.05, 0.1) is 11.1 Å². The van der Waals surface area contributed by atoms with Crippen molar-refractivity contribution in [1.82, 2.24) is 15.2 Å². The van der Waals surface area contributed by atoms with Crippen molar-refractivity contribution in [3.8, 4) is 0 Å². The van der Waals surface area contributed by atoms with E-state index in [4.69, 9.17) is 4.74 Å². The number of nitrogens with one attached hydrogen (secondary N) is 1. The SMILES string of the molecule is CNC(=O)[C@]1(c2ccccn2)CCCN1C(=O)C1(Cc2ccccc2)CCOCC1. The molecule has 0 aliphatic carbocycles. The van der Waals surface area contributed by atoms with Crippen LogP contribution in [-0.4, -0.2) is 48.5 Å². The molecule has 4 rings (SSSR count). The van der Waals surface area contributed by atoms with E-state index in [0.717, 1.165) is 12.0 Å². The Morgan fingerprint density at radius 2 is 1.80 bits per heavy atom.